The van der Waals surface area contributed by atoms with E-state index in [1.165, 1.54) is 7.11 Å². The lowest BCUT2D eigenvalue weighted by molar-refractivity contribution is 0.0595. The Kier molecular flexibility index (Phi) is 5.54. The molecule has 0 aliphatic heterocycles. The smallest absolute Gasteiger partial charge is 0.360 e. The number of ether oxygens (including phenoxy) is 1. The summed E-state index contributed by atoms with van der Waals surface area (Å²) in [5.41, 5.74) is 3.96. The van der Waals surface area contributed by atoms with Crippen molar-refractivity contribution in [2.75, 3.05) is 10.6 Å². The van der Waals surface area contributed by atoms with Crippen LogP contribution in [0.1, 0.15) is 16.1 Å². The number of pyridine rings is 1. The second-order valence-electron chi connectivity index (χ2n) is 6.31. The van der Waals surface area contributed by atoms with Crippen LogP contribution in [0.25, 0.3) is 33.4 Å². The van der Waals surface area contributed by atoms with E-state index in [9.17, 15) is 10.1 Å². The number of carbonyl (C=O) groups excluding carboxylic acids is 1. The zero-order valence-electron chi connectivity index (χ0n) is 15.8. The number of nitrogens with one attached hydrogen (secondary N) is 1. The molecule has 146 valence electrons. The molecule has 2 aromatic heterocycles. The summed E-state index contributed by atoms with van der Waals surface area (Å²) in [6.45, 7) is 0. The van der Waals surface area contributed by atoms with Gasteiger partial charge in [-0.05, 0) is 30.3 Å². The van der Waals surface area contributed by atoms with Crippen molar-refractivity contribution in [3.63, 3.8) is 0 Å². The number of benzene rings is 2. The van der Waals surface area contributed by atoms with Gasteiger partial charge in [0.25, 0.3) is 0 Å². The van der Waals surface area contributed by atoms with Gasteiger partial charge in [0.2, 0.25) is 0 Å². The minimum atomic E-state index is -0.595. The number of halogens is 1. The first-order valence-electron chi connectivity index (χ1n) is 8.87. The summed E-state index contributed by atoms with van der Waals surface area (Å²) in [6.07, 6.45) is 1.73. The van der Waals surface area contributed by atoms with Crippen molar-refractivity contribution in [1.82, 2.24) is 15.0 Å². The van der Waals surface area contributed by atoms with Crippen LogP contribution in [0.4, 0.5) is 5.82 Å². The average Bonchev–Trinajstić information content (AvgIpc) is 2.82. The molecule has 0 saturated heterocycles. The molecule has 4 aromatic rings. The van der Waals surface area contributed by atoms with Gasteiger partial charge in [-0.2, -0.15) is 5.26 Å². The number of fused-ring (bicyclic) bond motifs is 1. The Morgan fingerprint density at radius 2 is 1.87 bits per heavy atom. The Morgan fingerprint density at radius 3 is 2.63 bits per heavy atom. The maximum Gasteiger partial charge on any atom is 0.360 e. The molecule has 7 nitrogen and oxygen atoms in total. The predicted octanol–water partition coefficient (Wildman–Crippen LogP) is 4.78. The molecule has 0 spiro atoms. The first-order chi connectivity index (χ1) is 14.6. The van der Waals surface area contributed by atoms with E-state index in [1.54, 1.807) is 24.4 Å². The number of anilines is 1. The zero-order chi connectivity index (χ0) is 21.1. The van der Waals surface area contributed by atoms with Crippen molar-refractivity contribution < 1.29 is 9.53 Å². The standard InChI is InChI=1S/C22H14IN5O2/c1-30-22(29)20-21(28-23)27-19(15-5-2-4-13(10-15)12-24)18(26-20)16-7-8-17-14(11-16)6-3-9-25-17/h2-11H,1H3,(H,27,28). The molecule has 0 amide bonds. The van der Waals surface area contributed by atoms with Gasteiger partial charge >= 0.3 is 5.97 Å². The van der Waals surface area contributed by atoms with Gasteiger partial charge in [-0.25, -0.2) is 14.8 Å². The molecule has 0 aliphatic rings. The number of hydrogen-bond donors (Lipinski definition) is 1. The number of aromatic nitrogens is 3. The SMILES string of the molecule is COC(=O)c1nc(-c2ccc3ncccc3c2)c(-c2cccc(C#N)c2)nc1NI. The summed E-state index contributed by atoms with van der Waals surface area (Å²) >= 11 is 1.90. The number of esters is 1. The summed E-state index contributed by atoms with van der Waals surface area (Å²) < 4.78 is 7.76. The second-order valence-corrected chi connectivity index (χ2v) is 6.85. The maximum atomic E-state index is 12.3. The molecule has 0 aliphatic carbocycles. The Labute approximate surface area is 186 Å². The van der Waals surface area contributed by atoms with Gasteiger partial charge < -0.3 is 8.27 Å². The van der Waals surface area contributed by atoms with Crippen LogP contribution in [0.2, 0.25) is 0 Å². The van der Waals surface area contributed by atoms with E-state index in [4.69, 9.17) is 4.74 Å². The van der Waals surface area contributed by atoms with Gasteiger partial charge in [0, 0.05) is 22.7 Å². The van der Waals surface area contributed by atoms with Crippen LogP contribution in [0.5, 0.6) is 0 Å². The summed E-state index contributed by atoms with van der Waals surface area (Å²) in [6, 6.07) is 18.8. The highest BCUT2D eigenvalue weighted by atomic mass is 127. The molecule has 4 rings (SSSR count). The van der Waals surface area contributed by atoms with Gasteiger partial charge in [0.15, 0.2) is 11.5 Å². The largest absolute Gasteiger partial charge is 0.464 e. The molecule has 0 saturated carbocycles. The molecule has 0 unspecified atom stereocenters. The summed E-state index contributed by atoms with van der Waals surface area (Å²) in [4.78, 5) is 25.9. The van der Waals surface area contributed by atoms with Crippen LogP contribution in [-0.2, 0) is 4.74 Å². The number of hydrogen-bond acceptors (Lipinski definition) is 7. The van der Waals surface area contributed by atoms with E-state index < -0.39 is 5.97 Å². The molecular weight excluding hydrogens is 493 g/mol. The van der Waals surface area contributed by atoms with Crippen LogP contribution >= 0.6 is 22.9 Å². The first kappa shape index (κ1) is 19.7. The summed E-state index contributed by atoms with van der Waals surface area (Å²) in [5, 5.41) is 10.2. The molecule has 1 N–H and O–H groups in total. The Bertz CT molecular complexity index is 1320. The highest BCUT2D eigenvalue weighted by molar-refractivity contribution is 14.1. The van der Waals surface area contributed by atoms with Gasteiger partial charge in [0.1, 0.15) is 0 Å². The monoisotopic (exact) mass is 507 g/mol. The Morgan fingerprint density at radius 1 is 1.07 bits per heavy atom. The third kappa shape index (κ3) is 3.67. The van der Waals surface area contributed by atoms with Gasteiger partial charge in [-0.15, -0.1) is 0 Å². The third-order valence-corrected chi connectivity index (χ3v) is 5.02. The second kappa shape index (κ2) is 8.42. The Balaban J connectivity index is 2.02. The molecule has 0 radical (unpaired) electrons. The van der Waals surface area contributed by atoms with Crippen molar-refractivity contribution in [2.24, 2.45) is 0 Å². The van der Waals surface area contributed by atoms with Gasteiger partial charge in [-0.1, -0.05) is 24.3 Å². The number of carbonyl (C=O) groups is 1. The number of rotatable bonds is 4. The average molecular weight is 507 g/mol. The van der Waals surface area contributed by atoms with Gasteiger partial charge in [-0.3, -0.25) is 4.98 Å². The normalized spacial score (nSPS) is 10.4. The van der Waals surface area contributed by atoms with Crippen molar-refractivity contribution >= 4 is 45.6 Å². The molecule has 30 heavy (non-hydrogen) atoms. The molecular formula is C22H14IN5O2. The summed E-state index contributed by atoms with van der Waals surface area (Å²) in [7, 11) is 1.30. The van der Waals surface area contributed by atoms with Crippen molar-refractivity contribution in [3.8, 4) is 28.6 Å². The topological polar surface area (TPSA) is 101 Å². The minimum Gasteiger partial charge on any atom is -0.464 e. The molecule has 2 aromatic carbocycles. The third-order valence-electron chi connectivity index (χ3n) is 4.51. The van der Waals surface area contributed by atoms with E-state index in [0.29, 0.717) is 22.5 Å². The fraction of sp³-hybridized carbons (Fsp3) is 0.0455. The van der Waals surface area contributed by atoms with Crippen molar-refractivity contribution in [3.05, 3.63) is 72.1 Å². The number of methoxy groups -OCH3 is 1. The number of nitriles is 1. The van der Waals surface area contributed by atoms with E-state index >= 15 is 0 Å². The fourth-order valence-corrected chi connectivity index (χ4v) is 3.48. The van der Waals surface area contributed by atoms with Crippen LogP contribution in [0.15, 0.2) is 60.8 Å². The lowest BCUT2D eigenvalue weighted by atomic mass is 10.0. The quantitative estimate of drug-likeness (QED) is 0.241. The van der Waals surface area contributed by atoms with E-state index in [1.807, 2.05) is 59.3 Å². The highest BCUT2D eigenvalue weighted by Crippen LogP contribution is 2.33. The van der Waals surface area contributed by atoms with E-state index in [0.717, 1.165) is 16.5 Å². The molecule has 8 heteroatoms. The van der Waals surface area contributed by atoms with Crippen LogP contribution in [0.3, 0.4) is 0 Å². The number of nitrogens with zero attached hydrogens (tertiary/aromatic N) is 4. The highest BCUT2D eigenvalue weighted by Gasteiger charge is 2.22. The summed E-state index contributed by atoms with van der Waals surface area (Å²) in [5.74, 6) is -0.311. The molecule has 0 fully saturated rings. The molecule has 0 atom stereocenters. The van der Waals surface area contributed by atoms with E-state index in [-0.39, 0.29) is 11.5 Å². The van der Waals surface area contributed by atoms with Crippen molar-refractivity contribution in [1.29, 1.82) is 5.26 Å². The van der Waals surface area contributed by atoms with Crippen molar-refractivity contribution in [2.45, 2.75) is 0 Å². The molecule has 0 bridgehead atoms. The maximum absolute atomic E-state index is 12.3. The first-order valence-corrected chi connectivity index (χ1v) is 9.95. The zero-order valence-corrected chi connectivity index (χ0v) is 17.9. The molecule has 2 heterocycles. The lowest BCUT2D eigenvalue weighted by Crippen LogP contribution is -2.11. The van der Waals surface area contributed by atoms with Crippen LogP contribution < -0.4 is 3.53 Å². The van der Waals surface area contributed by atoms with Crippen LogP contribution in [0, 0.1) is 11.3 Å². The lowest BCUT2D eigenvalue weighted by Gasteiger charge is -2.14. The predicted molar refractivity (Wildman–Crippen MR) is 122 cm³/mol. The van der Waals surface area contributed by atoms with E-state index in [2.05, 4.69) is 24.6 Å². The fourth-order valence-electron chi connectivity index (χ4n) is 3.10. The van der Waals surface area contributed by atoms with Crippen LogP contribution in [-0.4, -0.2) is 28.0 Å². The Hall–Kier alpha value is -3.58. The minimum absolute atomic E-state index is 0.0772. The van der Waals surface area contributed by atoms with Gasteiger partial charge in [0.05, 0.1) is 58.5 Å².